The fraction of sp³-hybridized carbons (Fsp3) is 0.571. The Labute approximate surface area is 168 Å². The molecule has 0 amide bonds. The maximum atomic E-state index is 12.9. The van der Waals surface area contributed by atoms with Crippen molar-refractivity contribution in [3.05, 3.63) is 35.6 Å². The first-order chi connectivity index (χ1) is 13.4. The van der Waals surface area contributed by atoms with Crippen LogP contribution in [0.15, 0.2) is 35.6 Å². The highest BCUT2D eigenvalue weighted by Gasteiger charge is 2.74. The Morgan fingerprint density at radius 2 is 2.03 bits per heavy atom. The molecular weight excluding hydrogens is 380 g/mol. The minimum atomic E-state index is -1.94. The lowest BCUT2D eigenvalue weighted by atomic mass is 9.67. The Balaban J connectivity index is 1.86. The Kier molecular flexibility index (Phi) is 4.12. The average Bonchev–Trinajstić information content (AvgIpc) is 3.14. The molecular formula is C21H24O8. The summed E-state index contributed by atoms with van der Waals surface area (Å²) in [7, 11) is 0. The minimum absolute atomic E-state index is 0.115. The number of esters is 2. The summed E-state index contributed by atoms with van der Waals surface area (Å²) in [6.45, 7) is 9.75. The quantitative estimate of drug-likeness (QED) is 0.554. The molecule has 6 unspecified atom stereocenters. The molecule has 4 rings (SSSR count). The second-order valence-corrected chi connectivity index (χ2v) is 8.56. The molecule has 4 aliphatic rings. The number of aliphatic hydroxyl groups is 1. The van der Waals surface area contributed by atoms with E-state index in [4.69, 9.17) is 18.9 Å². The summed E-state index contributed by atoms with van der Waals surface area (Å²) in [4.78, 5) is 37.0. The number of carbonyl (C=O) groups excluding carboxylic acids is 3. The van der Waals surface area contributed by atoms with Gasteiger partial charge in [0.2, 0.25) is 11.6 Å². The van der Waals surface area contributed by atoms with Crippen molar-refractivity contribution in [2.45, 2.75) is 57.7 Å². The zero-order valence-electron chi connectivity index (χ0n) is 16.8. The normalized spacial score (nSPS) is 42.6. The van der Waals surface area contributed by atoms with Crippen LogP contribution in [0.4, 0.5) is 0 Å². The fourth-order valence-corrected chi connectivity index (χ4v) is 4.85. The zero-order valence-corrected chi connectivity index (χ0v) is 16.8. The number of ether oxygens (including phenoxy) is 4. The van der Waals surface area contributed by atoms with E-state index in [1.54, 1.807) is 26.8 Å². The summed E-state index contributed by atoms with van der Waals surface area (Å²) in [5.41, 5.74) is -1.95. The number of fused-ring (bicyclic) bond motifs is 2. The minimum Gasteiger partial charge on any atom is -0.479 e. The van der Waals surface area contributed by atoms with Crippen LogP contribution in [0.3, 0.4) is 0 Å². The maximum absolute atomic E-state index is 12.9. The molecule has 1 N–H and O–H groups in total. The van der Waals surface area contributed by atoms with Crippen molar-refractivity contribution < 1.29 is 38.4 Å². The Morgan fingerprint density at radius 3 is 2.66 bits per heavy atom. The summed E-state index contributed by atoms with van der Waals surface area (Å²) in [5, 5.41) is 11.3. The average molecular weight is 404 g/mol. The number of hydrogen-bond donors (Lipinski definition) is 1. The monoisotopic (exact) mass is 404 g/mol. The van der Waals surface area contributed by atoms with Gasteiger partial charge in [0.25, 0.3) is 0 Å². The summed E-state index contributed by atoms with van der Waals surface area (Å²) in [6, 6.07) is 0. The molecule has 0 aromatic carbocycles. The van der Waals surface area contributed by atoms with Crippen molar-refractivity contribution in [3.8, 4) is 0 Å². The predicted octanol–water partition coefficient (Wildman–Crippen LogP) is 1.33. The van der Waals surface area contributed by atoms with Gasteiger partial charge in [-0.25, -0.2) is 0 Å². The molecule has 2 saturated heterocycles. The lowest BCUT2D eigenvalue weighted by Gasteiger charge is -2.34. The molecule has 0 saturated carbocycles. The lowest BCUT2D eigenvalue weighted by Crippen LogP contribution is -2.49. The van der Waals surface area contributed by atoms with Gasteiger partial charge >= 0.3 is 11.9 Å². The van der Waals surface area contributed by atoms with Crippen molar-refractivity contribution in [1.82, 2.24) is 0 Å². The SMILES string of the molecule is C=C(C)C1(O)OC2CC3(C)OC(=CC3=O)C(COC(C)=O)=CC3OC(=O)C1(C)C32. The molecule has 156 valence electrons. The van der Waals surface area contributed by atoms with Gasteiger partial charge < -0.3 is 24.1 Å². The molecule has 6 atom stereocenters. The molecule has 29 heavy (non-hydrogen) atoms. The van der Waals surface area contributed by atoms with Crippen molar-refractivity contribution in [2.24, 2.45) is 11.3 Å². The summed E-state index contributed by atoms with van der Waals surface area (Å²) in [6.07, 6.45) is 1.63. The molecule has 8 heteroatoms. The number of carbonyl (C=O) groups is 3. The largest absolute Gasteiger partial charge is 0.479 e. The molecule has 0 radical (unpaired) electrons. The van der Waals surface area contributed by atoms with Gasteiger partial charge in [0.15, 0.2) is 5.60 Å². The third kappa shape index (κ3) is 2.55. The smallest absolute Gasteiger partial charge is 0.318 e. The van der Waals surface area contributed by atoms with E-state index in [-0.39, 0.29) is 30.1 Å². The highest BCUT2D eigenvalue weighted by Crippen LogP contribution is 2.60. The third-order valence-electron chi connectivity index (χ3n) is 6.51. The van der Waals surface area contributed by atoms with E-state index in [9.17, 15) is 19.5 Å². The maximum Gasteiger partial charge on any atom is 0.318 e. The van der Waals surface area contributed by atoms with Crippen LogP contribution in [0.2, 0.25) is 0 Å². The van der Waals surface area contributed by atoms with Gasteiger partial charge in [-0.2, -0.15) is 0 Å². The van der Waals surface area contributed by atoms with Gasteiger partial charge in [-0.05, 0) is 32.4 Å². The van der Waals surface area contributed by atoms with Gasteiger partial charge in [-0.15, -0.1) is 0 Å². The summed E-state index contributed by atoms with van der Waals surface area (Å²) in [5.74, 6) is -3.61. The molecule has 2 fully saturated rings. The molecule has 0 spiro atoms. The molecule has 2 bridgehead atoms. The van der Waals surface area contributed by atoms with Crippen LogP contribution < -0.4 is 0 Å². The molecule has 4 heterocycles. The van der Waals surface area contributed by atoms with E-state index in [1.807, 2.05) is 0 Å². The molecule has 0 aromatic rings. The first-order valence-corrected chi connectivity index (χ1v) is 9.49. The second-order valence-electron chi connectivity index (χ2n) is 8.56. The Hall–Kier alpha value is -2.45. The number of rotatable bonds is 3. The summed E-state index contributed by atoms with van der Waals surface area (Å²) >= 11 is 0. The fourth-order valence-electron chi connectivity index (χ4n) is 4.85. The topological polar surface area (TPSA) is 108 Å². The lowest BCUT2D eigenvalue weighted by molar-refractivity contribution is -0.219. The summed E-state index contributed by atoms with van der Waals surface area (Å²) < 4.78 is 22.7. The molecule has 8 nitrogen and oxygen atoms in total. The van der Waals surface area contributed by atoms with E-state index >= 15 is 0 Å². The Bertz CT molecular complexity index is 900. The van der Waals surface area contributed by atoms with Crippen LogP contribution in [0, 0.1) is 11.3 Å². The predicted molar refractivity (Wildman–Crippen MR) is 98.0 cm³/mol. The zero-order chi connectivity index (χ0) is 21.4. The van der Waals surface area contributed by atoms with E-state index in [0.717, 1.165) is 0 Å². The van der Waals surface area contributed by atoms with Crippen LogP contribution >= 0.6 is 0 Å². The van der Waals surface area contributed by atoms with E-state index in [1.165, 1.54) is 13.0 Å². The third-order valence-corrected chi connectivity index (χ3v) is 6.51. The van der Waals surface area contributed by atoms with Gasteiger partial charge in [0, 0.05) is 30.9 Å². The highest BCUT2D eigenvalue weighted by atomic mass is 16.7. The number of hydrogen-bond acceptors (Lipinski definition) is 8. The van der Waals surface area contributed by atoms with E-state index in [0.29, 0.717) is 5.57 Å². The van der Waals surface area contributed by atoms with Crippen LogP contribution in [-0.4, -0.2) is 53.0 Å². The second kappa shape index (κ2) is 6.03. The van der Waals surface area contributed by atoms with Crippen LogP contribution in [0.25, 0.3) is 0 Å². The standard InChI is InChI=1S/C21H24O8/c1-10(2)21(25)20(5)17-14(27-18(20)24)6-12(9-26-11(3)22)13-7-16(23)19(4,28-13)8-15(17)29-21/h6-7,14-15,17,25H,1,8-9H2,2-5H3. The van der Waals surface area contributed by atoms with Crippen LogP contribution in [-0.2, 0) is 33.3 Å². The van der Waals surface area contributed by atoms with Crippen molar-refractivity contribution in [2.75, 3.05) is 6.61 Å². The van der Waals surface area contributed by atoms with Gasteiger partial charge in [-0.3, -0.25) is 14.4 Å². The highest BCUT2D eigenvalue weighted by molar-refractivity contribution is 6.00. The van der Waals surface area contributed by atoms with Crippen molar-refractivity contribution in [3.63, 3.8) is 0 Å². The van der Waals surface area contributed by atoms with E-state index < -0.39 is 46.9 Å². The molecule has 0 aliphatic carbocycles. The first-order valence-electron chi connectivity index (χ1n) is 9.49. The van der Waals surface area contributed by atoms with Crippen molar-refractivity contribution >= 4 is 17.7 Å². The first kappa shape index (κ1) is 19.8. The number of ketones is 1. The Morgan fingerprint density at radius 1 is 1.34 bits per heavy atom. The van der Waals surface area contributed by atoms with Gasteiger partial charge in [0.05, 0.1) is 6.10 Å². The van der Waals surface area contributed by atoms with Gasteiger partial charge in [0.1, 0.15) is 23.9 Å². The molecule has 0 aromatic heterocycles. The van der Waals surface area contributed by atoms with Crippen LogP contribution in [0.1, 0.15) is 34.1 Å². The van der Waals surface area contributed by atoms with E-state index in [2.05, 4.69) is 6.58 Å². The van der Waals surface area contributed by atoms with Crippen molar-refractivity contribution in [1.29, 1.82) is 0 Å². The van der Waals surface area contributed by atoms with Crippen LogP contribution in [0.5, 0.6) is 0 Å². The molecule has 4 aliphatic heterocycles. The van der Waals surface area contributed by atoms with Gasteiger partial charge in [-0.1, -0.05) is 6.58 Å².